The van der Waals surface area contributed by atoms with Crippen LogP contribution in [0.25, 0.3) is 0 Å². The number of nitrogens with zero attached hydrogens (tertiary/aromatic N) is 3. The lowest BCUT2D eigenvalue weighted by Crippen LogP contribution is -2.47. The van der Waals surface area contributed by atoms with Crippen molar-refractivity contribution in [2.24, 2.45) is 0 Å². The normalized spacial score (nSPS) is 13.6. The van der Waals surface area contributed by atoms with E-state index >= 15 is 0 Å². The van der Waals surface area contributed by atoms with Crippen molar-refractivity contribution in [3.63, 3.8) is 0 Å². The summed E-state index contributed by atoms with van der Waals surface area (Å²) in [6.45, 7) is 2.57. The highest BCUT2D eigenvalue weighted by Crippen LogP contribution is 2.29. The number of carbonyl (C=O) groups is 2. The third-order valence-corrected chi connectivity index (χ3v) is 5.34. The van der Waals surface area contributed by atoms with E-state index in [1.54, 1.807) is 18.3 Å². The predicted octanol–water partition coefficient (Wildman–Crippen LogP) is 2.84. The lowest BCUT2D eigenvalue weighted by Gasteiger charge is -2.29. The molecule has 0 bridgehead atoms. The molecular formula is C22H23ClN6O2. The summed E-state index contributed by atoms with van der Waals surface area (Å²) >= 11 is 6.40. The molecule has 0 unspecified atom stereocenters. The summed E-state index contributed by atoms with van der Waals surface area (Å²) < 4.78 is 1.84. The number of carbonyl (C=O) groups excluding carboxylic acids is 2. The van der Waals surface area contributed by atoms with Crippen LogP contribution < -0.4 is 20.9 Å². The fourth-order valence-electron chi connectivity index (χ4n) is 3.49. The van der Waals surface area contributed by atoms with Crippen LogP contribution in [-0.4, -0.2) is 41.4 Å². The number of amides is 3. The highest BCUT2D eigenvalue weighted by atomic mass is 35.5. The molecule has 4 rings (SSSR count). The second kappa shape index (κ2) is 9.53. The Morgan fingerprint density at radius 2 is 2.00 bits per heavy atom. The Hall–Kier alpha value is -3.52. The molecule has 0 saturated carbocycles. The number of nitrogens with one attached hydrogen (secondary N) is 3. The Kier molecular flexibility index (Phi) is 6.37. The zero-order chi connectivity index (χ0) is 21.6. The fourth-order valence-corrected chi connectivity index (χ4v) is 3.79. The predicted molar refractivity (Wildman–Crippen MR) is 120 cm³/mol. The van der Waals surface area contributed by atoms with Gasteiger partial charge >= 0.3 is 6.03 Å². The summed E-state index contributed by atoms with van der Waals surface area (Å²) in [4.78, 5) is 25.9. The summed E-state index contributed by atoms with van der Waals surface area (Å²) in [5.74, 6) is -0.0308. The first-order valence-electron chi connectivity index (χ1n) is 9.99. The molecule has 3 aromatic rings. The minimum atomic E-state index is -0.324. The molecule has 0 aliphatic carbocycles. The van der Waals surface area contributed by atoms with Gasteiger partial charge in [0.1, 0.15) is 0 Å². The van der Waals surface area contributed by atoms with E-state index in [2.05, 4.69) is 21.0 Å². The molecule has 1 fully saturated rings. The maximum Gasteiger partial charge on any atom is 0.319 e. The second-order valence-electron chi connectivity index (χ2n) is 7.22. The molecule has 0 radical (unpaired) electrons. The van der Waals surface area contributed by atoms with Crippen molar-refractivity contribution in [2.75, 3.05) is 29.9 Å². The maximum absolute atomic E-state index is 12.4. The van der Waals surface area contributed by atoms with Crippen LogP contribution in [0.15, 0.2) is 60.9 Å². The first-order chi connectivity index (χ1) is 15.1. The van der Waals surface area contributed by atoms with Crippen LogP contribution in [0.5, 0.6) is 0 Å². The molecule has 9 heteroatoms. The highest BCUT2D eigenvalue weighted by molar-refractivity contribution is 6.33. The molecule has 1 aromatic heterocycles. The van der Waals surface area contributed by atoms with E-state index in [4.69, 9.17) is 11.6 Å². The van der Waals surface area contributed by atoms with E-state index < -0.39 is 0 Å². The number of anilines is 2. The molecule has 0 spiro atoms. The molecule has 8 nitrogen and oxygen atoms in total. The van der Waals surface area contributed by atoms with Gasteiger partial charge in [-0.05, 0) is 35.4 Å². The molecule has 2 heterocycles. The molecule has 1 aliphatic heterocycles. The smallest absolute Gasteiger partial charge is 0.319 e. The van der Waals surface area contributed by atoms with Gasteiger partial charge < -0.3 is 20.9 Å². The van der Waals surface area contributed by atoms with E-state index in [1.165, 1.54) is 0 Å². The van der Waals surface area contributed by atoms with E-state index in [9.17, 15) is 9.59 Å². The van der Waals surface area contributed by atoms with Crippen LogP contribution in [0.4, 0.5) is 16.2 Å². The molecule has 1 aliphatic rings. The van der Waals surface area contributed by atoms with Gasteiger partial charge in [0, 0.05) is 37.7 Å². The molecule has 160 valence electrons. The van der Waals surface area contributed by atoms with E-state index in [0.717, 1.165) is 16.8 Å². The van der Waals surface area contributed by atoms with Crippen molar-refractivity contribution in [1.82, 2.24) is 20.4 Å². The van der Waals surface area contributed by atoms with Gasteiger partial charge in [0.15, 0.2) is 0 Å². The second-order valence-corrected chi connectivity index (χ2v) is 7.62. The SMILES string of the molecule is O=C1CN(c2ccc(NC(=O)NCc3ccccc3Cn3cccn3)cc2Cl)CCN1. The van der Waals surface area contributed by atoms with E-state index in [1.807, 2.05) is 52.2 Å². The molecule has 2 aromatic carbocycles. The number of benzene rings is 2. The maximum atomic E-state index is 12.4. The number of hydrogen-bond donors (Lipinski definition) is 3. The van der Waals surface area contributed by atoms with Gasteiger partial charge in [0.2, 0.25) is 5.91 Å². The van der Waals surface area contributed by atoms with E-state index in [0.29, 0.717) is 36.9 Å². The molecule has 31 heavy (non-hydrogen) atoms. The first kappa shape index (κ1) is 20.7. The highest BCUT2D eigenvalue weighted by Gasteiger charge is 2.19. The van der Waals surface area contributed by atoms with Gasteiger partial charge in [0.25, 0.3) is 0 Å². The summed E-state index contributed by atoms with van der Waals surface area (Å²) in [7, 11) is 0. The zero-order valence-corrected chi connectivity index (χ0v) is 17.6. The van der Waals surface area contributed by atoms with Gasteiger partial charge in [-0.15, -0.1) is 0 Å². The standard InChI is InChI=1S/C22H23ClN6O2/c23-19-12-18(6-7-20(19)28-11-9-24-21(30)15-28)27-22(31)25-13-16-4-1-2-5-17(16)14-29-10-3-8-26-29/h1-8,10,12H,9,11,13-15H2,(H,24,30)(H2,25,27,31). The zero-order valence-electron chi connectivity index (χ0n) is 16.8. The molecule has 3 amide bonds. The summed E-state index contributed by atoms with van der Waals surface area (Å²) in [5.41, 5.74) is 3.46. The van der Waals surface area contributed by atoms with Crippen molar-refractivity contribution in [3.8, 4) is 0 Å². The van der Waals surface area contributed by atoms with Crippen LogP contribution >= 0.6 is 11.6 Å². The average Bonchev–Trinajstić information content (AvgIpc) is 3.26. The van der Waals surface area contributed by atoms with Crippen LogP contribution in [-0.2, 0) is 17.9 Å². The van der Waals surface area contributed by atoms with Crippen molar-refractivity contribution in [1.29, 1.82) is 0 Å². The van der Waals surface area contributed by atoms with Crippen molar-refractivity contribution in [2.45, 2.75) is 13.1 Å². The van der Waals surface area contributed by atoms with Gasteiger partial charge in [-0.25, -0.2) is 4.79 Å². The van der Waals surface area contributed by atoms with Crippen molar-refractivity contribution >= 4 is 34.9 Å². The lowest BCUT2D eigenvalue weighted by atomic mass is 10.1. The largest absolute Gasteiger partial charge is 0.359 e. The number of aromatic nitrogens is 2. The quantitative estimate of drug-likeness (QED) is 0.552. The molecular weight excluding hydrogens is 416 g/mol. The Bertz CT molecular complexity index is 1070. The number of urea groups is 1. The molecule has 0 atom stereocenters. The molecule has 3 N–H and O–H groups in total. The third kappa shape index (κ3) is 5.35. The van der Waals surface area contributed by atoms with Crippen LogP contribution in [0.2, 0.25) is 5.02 Å². The van der Waals surface area contributed by atoms with E-state index in [-0.39, 0.29) is 18.5 Å². The Morgan fingerprint density at radius 1 is 1.16 bits per heavy atom. The lowest BCUT2D eigenvalue weighted by molar-refractivity contribution is -0.120. The summed E-state index contributed by atoms with van der Waals surface area (Å²) in [6.07, 6.45) is 3.64. The van der Waals surface area contributed by atoms with Gasteiger partial charge in [-0.2, -0.15) is 5.10 Å². The minimum Gasteiger partial charge on any atom is -0.359 e. The summed E-state index contributed by atoms with van der Waals surface area (Å²) in [6, 6.07) is 14.8. The first-order valence-corrected chi connectivity index (χ1v) is 10.4. The van der Waals surface area contributed by atoms with Gasteiger partial charge in [-0.1, -0.05) is 35.9 Å². The van der Waals surface area contributed by atoms with Gasteiger partial charge in [-0.3, -0.25) is 9.48 Å². The minimum absolute atomic E-state index is 0.0308. The monoisotopic (exact) mass is 438 g/mol. The van der Waals surface area contributed by atoms with Crippen LogP contribution in [0, 0.1) is 0 Å². The topological polar surface area (TPSA) is 91.3 Å². The fraction of sp³-hybridized carbons (Fsp3) is 0.227. The van der Waals surface area contributed by atoms with Crippen molar-refractivity contribution < 1.29 is 9.59 Å². The number of rotatable bonds is 6. The Balaban J connectivity index is 1.35. The number of halogens is 1. The Morgan fingerprint density at radius 3 is 2.74 bits per heavy atom. The number of piperazine rings is 1. The Labute approximate surface area is 185 Å². The van der Waals surface area contributed by atoms with Crippen LogP contribution in [0.3, 0.4) is 0 Å². The molecule has 1 saturated heterocycles. The average molecular weight is 439 g/mol. The summed E-state index contributed by atoms with van der Waals surface area (Å²) in [5, 5.41) is 13.2. The third-order valence-electron chi connectivity index (χ3n) is 5.03. The number of hydrogen-bond acceptors (Lipinski definition) is 4. The van der Waals surface area contributed by atoms with Crippen LogP contribution in [0.1, 0.15) is 11.1 Å². The van der Waals surface area contributed by atoms with Gasteiger partial charge in [0.05, 0.1) is 23.8 Å². The van der Waals surface area contributed by atoms with Crippen molar-refractivity contribution in [3.05, 3.63) is 77.1 Å².